The van der Waals surface area contributed by atoms with Crippen LogP contribution >= 0.6 is 0 Å². The summed E-state index contributed by atoms with van der Waals surface area (Å²) in [5.41, 5.74) is 10.5. The molecule has 0 radical (unpaired) electrons. The van der Waals surface area contributed by atoms with Gasteiger partial charge in [-0.15, -0.1) is 0 Å². The third kappa shape index (κ3) is 2.38. The Morgan fingerprint density at radius 2 is 1.85 bits per heavy atom. The standard InChI is InChI=1S/C16H22N2O2/c1-9-7-13(19-6)12(16(3,4)5)8-11(9)15-14(17)10(2)18-20-15/h7-8H,17H2,1-6H3. The molecule has 1 heterocycles. The largest absolute Gasteiger partial charge is 0.496 e. The lowest BCUT2D eigenvalue weighted by atomic mass is 9.84. The number of aromatic nitrogens is 1. The maximum Gasteiger partial charge on any atom is 0.190 e. The lowest BCUT2D eigenvalue weighted by Crippen LogP contribution is -2.13. The van der Waals surface area contributed by atoms with Crippen LogP contribution in [0.25, 0.3) is 11.3 Å². The average molecular weight is 274 g/mol. The Morgan fingerprint density at radius 3 is 2.30 bits per heavy atom. The first kappa shape index (κ1) is 14.4. The van der Waals surface area contributed by atoms with Gasteiger partial charge in [-0.1, -0.05) is 25.9 Å². The van der Waals surface area contributed by atoms with Crippen LogP contribution in [0.1, 0.15) is 37.6 Å². The summed E-state index contributed by atoms with van der Waals surface area (Å²) >= 11 is 0. The summed E-state index contributed by atoms with van der Waals surface area (Å²) < 4.78 is 10.9. The molecule has 0 amide bonds. The van der Waals surface area contributed by atoms with Gasteiger partial charge in [0.1, 0.15) is 17.1 Å². The Balaban J connectivity index is 2.69. The first-order valence-corrected chi connectivity index (χ1v) is 6.67. The Morgan fingerprint density at radius 1 is 1.20 bits per heavy atom. The summed E-state index contributed by atoms with van der Waals surface area (Å²) in [5.74, 6) is 1.52. The molecule has 0 aliphatic rings. The highest BCUT2D eigenvalue weighted by Gasteiger charge is 2.23. The van der Waals surface area contributed by atoms with E-state index >= 15 is 0 Å². The van der Waals surface area contributed by atoms with Crippen molar-refractivity contribution in [1.82, 2.24) is 5.16 Å². The van der Waals surface area contributed by atoms with Crippen molar-refractivity contribution in [2.75, 3.05) is 12.8 Å². The molecule has 4 nitrogen and oxygen atoms in total. The maximum atomic E-state index is 6.05. The Kier molecular flexibility index (Phi) is 3.50. The molecule has 0 aliphatic carbocycles. The van der Waals surface area contributed by atoms with Crippen molar-refractivity contribution in [2.45, 2.75) is 40.0 Å². The number of rotatable bonds is 2. The predicted octanol–water partition coefficient (Wildman–Crippen LogP) is 3.85. The topological polar surface area (TPSA) is 61.3 Å². The highest BCUT2D eigenvalue weighted by molar-refractivity contribution is 5.76. The third-order valence-corrected chi connectivity index (χ3v) is 3.51. The lowest BCUT2D eigenvalue weighted by molar-refractivity contribution is 0.397. The van der Waals surface area contributed by atoms with Crippen LogP contribution in [0.15, 0.2) is 16.7 Å². The molecule has 1 aromatic heterocycles. The zero-order valence-corrected chi connectivity index (χ0v) is 13.0. The summed E-state index contributed by atoms with van der Waals surface area (Å²) in [6.07, 6.45) is 0. The lowest BCUT2D eigenvalue weighted by Gasteiger charge is -2.23. The molecule has 2 aromatic rings. The van der Waals surface area contributed by atoms with E-state index < -0.39 is 0 Å². The number of hydrogen-bond donors (Lipinski definition) is 1. The maximum absolute atomic E-state index is 6.05. The van der Waals surface area contributed by atoms with Crippen LogP contribution in [-0.4, -0.2) is 12.3 Å². The van der Waals surface area contributed by atoms with Crippen molar-refractivity contribution < 1.29 is 9.26 Å². The molecular formula is C16H22N2O2. The molecule has 0 fully saturated rings. The van der Waals surface area contributed by atoms with Gasteiger partial charge in [0.2, 0.25) is 0 Å². The van der Waals surface area contributed by atoms with Gasteiger partial charge in [0.25, 0.3) is 0 Å². The fourth-order valence-corrected chi connectivity index (χ4v) is 2.25. The minimum Gasteiger partial charge on any atom is -0.496 e. The molecule has 2 N–H and O–H groups in total. The van der Waals surface area contributed by atoms with Gasteiger partial charge in [-0.2, -0.15) is 0 Å². The van der Waals surface area contributed by atoms with Gasteiger partial charge in [-0.3, -0.25) is 0 Å². The summed E-state index contributed by atoms with van der Waals surface area (Å²) in [5, 5.41) is 3.94. The van der Waals surface area contributed by atoms with Crippen LogP contribution in [-0.2, 0) is 5.41 Å². The molecular weight excluding hydrogens is 252 g/mol. The fourth-order valence-electron chi connectivity index (χ4n) is 2.25. The van der Waals surface area contributed by atoms with Gasteiger partial charge in [-0.25, -0.2) is 0 Å². The quantitative estimate of drug-likeness (QED) is 0.903. The van der Waals surface area contributed by atoms with Crippen molar-refractivity contribution in [1.29, 1.82) is 0 Å². The molecule has 0 saturated carbocycles. The average Bonchev–Trinajstić information content (AvgIpc) is 2.68. The van der Waals surface area contributed by atoms with Crippen LogP contribution in [0.5, 0.6) is 5.75 Å². The molecule has 4 heteroatoms. The SMILES string of the molecule is COc1cc(C)c(-c2onc(C)c2N)cc1C(C)(C)C. The number of nitrogens with zero attached hydrogens (tertiary/aromatic N) is 1. The Hall–Kier alpha value is -1.97. The molecule has 1 aromatic carbocycles. The predicted molar refractivity (Wildman–Crippen MR) is 81.1 cm³/mol. The van der Waals surface area contributed by atoms with Crippen molar-refractivity contribution in [3.63, 3.8) is 0 Å². The molecule has 2 rings (SSSR count). The molecule has 0 spiro atoms. The number of aryl methyl sites for hydroxylation is 2. The van der Waals surface area contributed by atoms with Crippen molar-refractivity contribution >= 4 is 5.69 Å². The van der Waals surface area contributed by atoms with Gasteiger partial charge < -0.3 is 15.0 Å². The van der Waals surface area contributed by atoms with E-state index in [4.69, 9.17) is 15.0 Å². The van der Waals surface area contributed by atoms with Gasteiger partial charge in [0, 0.05) is 11.1 Å². The van der Waals surface area contributed by atoms with E-state index in [2.05, 4.69) is 32.0 Å². The van der Waals surface area contributed by atoms with E-state index in [-0.39, 0.29) is 5.41 Å². The Labute approximate surface area is 119 Å². The van der Waals surface area contributed by atoms with E-state index in [1.54, 1.807) is 7.11 Å². The van der Waals surface area contributed by atoms with E-state index in [9.17, 15) is 0 Å². The van der Waals surface area contributed by atoms with Crippen molar-refractivity contribution in [3.8, 4) is 17.1 Å². The molecule has 0 saturated heterocycles. The smallest absolute Gasteiger partial charge is 0.190 e. The summed E-state index contributed by atoms with van der Waals surface area (Å²) in [6.45, 7) is 10.3. The van der Waals surface area contributed by atoms with E-state index in [1.807, 2.05) is 19.9 Å². The zero-order valence-electron chi connectivity index (χ0n) is 13.0. The number of benzene rings is 1. The van der Waals surface area contributed by atoms with Crippen LogP contribution in [0.3, 0.4) is 0 Å². The number of anilines is 1. The van der Waals surface area contributed by atoms with E-state index in [0.29, 0.717) is 17.1 Å². The van der Waals surface area contributed by atoms with Crippen LogP contribution in [0, 0.1) is 13.8 Å². The molecule has 0 bridgehead atoms. The minimum atomic E-state index is -0.0301. The number of ether oxygens (including phenoxy) is 1. The van der Waals surface area contributed by atoms with Gasteiger partial charge in [0.15, 0.2) is 5.76 Å². The van der Waals surface area contributed by atoms with E-state index in [1.165, 1.54) is 0 Å². The second-order valence-electron chi connectivity index (χ2n) is 6.13. The number of methoxy groups -OCH3 is 1. The molecule has 20 heavy (non-hydrogen) atoms. The third-order valence-electron chi connectivity index (χ3n) is 3.51. The molecule has 0 atom stereocenters. The molecule has 0 aliphatic heterocycles. The minimum absolute atomic E-state index is 0.0301. The van der Waals surface area contributed by atoms with Crippen LogP contribution in [0.2, 0.25) is 0 Å². The van der Waals surface area contributed by atoms with Crippen molar-refractivity contribution in [3.05, 3.63) is 29.0 Å². The fraction of sp³-hybridized carbons (Fsp3) is 0.438. The number of hydrogen-bond acceptors (Lipinski definition) is 4. The molecule has 108 valence electrons. The summed E-state index contributed by atoms with van der Waals surface area (Å²) in [6, 6.07) is 4.11. The highest BCUT2D eigenvalue weighted by atomic mass is 16.5. The zero-order chi connectivity index (χ0) is 15.1. The normalized spacial score (nSPS) is 11.7. The second kappa shape index (κ2) is 4.85. The van der Waals surface area contributed by atoms with Crippen molar-refractivity contribution in [2.24, 2.45) is 0 Å². The van der Waals surface area contributed by atoms with Gasteiger partial charge in [-0.05, 0) is 37.0 Å². The second-order valence-corrected chi connectivity index (χ2v) is 6.13. The monoisotopic (exact) mass is 274 g/mol. The molecule has 0 unspecified atom stereocenters. The first-order chi connectivity index (χ1) is 9.25. The van der Waals surface area contributed by atoms with Crippen LogP contribution in [0.4, 0.5) is 5.69 Å². The van der Waals surface area contributed by atoms with Crippen LogP contribution < -0.4 is 10.5 Å². The van der Waals surface area contributed by atoms with E-state index in [0.717, 1.165) is 22.4 Å². The summed E-state index contributed by atoms with van der Waals surface area (Å²) in [7, 11) is 1.69. The Bertz CT molecular complexity index is 637. The van der Waals surface area contributed by atoms with Gasteiger partial charge in [0.05, 0.1) is 7.11 Å². The number of nitrogen functional groups attached to an aromatic ring is 1. The van der Waals surface area contributed by atoms with Gasteiger partial charge >= 0.3 is 0 Å². The number of nitrogens with two attached hydrogens (primary N) is 1. The first-order valence-electron chi connectivity index (χ1n) is 6.67. The highest BCUT2D eigenvalue weighted by Crippen LogP contribution is 2.39. The summed E-state index contributed by atoms with van der Waals surface area (Å²) in [4.78, 5) is 0.